The van der Waals surface area contributed by atoms with Crippen molar-refractivity contribution in [2.45, 2.75) is 20.1 Å². The summed E-state index contributed by atoms with van der Waals surface area (Å²) in [4.78, 5) is 21.6. The lowest BCUT2D eigenvalue weighted by Crippen LogP contribution is -2.44. The van der Waals surface area contributed by atoms with Gasteiger partial charge in [0, 0.05) is 60.3 Å². The van der Waals surface area contributed by atoms with E-state index in [4.69, 9.17) is 0 Å². The van der Waals surface area contributed by atoms with Gasteiger partial charge >= 0.3 is 0 Å². The highest BCUT2D eigenvalue weighted by Gasteiger charge is 2.21. The average molecular weight is 415 g/mol. The smallest absolute Gasteiger partial charge is 0.199 e. The number of pyridine rings is 1. The third kappa shape index (κ3) is 2.99. The van der Waals surface area contributed by atoms with E-state index in [0.29, 0.717) is 22.9 Å². The summed E-state index contributed by atoms with van der Waals surface area (Å²) in [6, 6.07) is 11.4. The van der Waals surface area contributed by atoms with Crippen LogP contribution in [0.3, 0.4) is 0 Å². The van der Waals surface area contributed by atoms with Crippen LogP contribution in [-0.4, -0.2) is 52.8 Å². The molecule has 4 aromatic rings. The molecule has 0 radical (unpaired) electrons. The molecule has 0 atom stereocenters. The van der Waals surface area contributed by atoms with Crippen molar-refractivity contribution in [3.8, 4) is 6.07 Å². The fourth-order valence-corrected chi connectivity index (χ4v) is 4.76. The summed E-state index contributed by atoms with van der Waals surface area (Å²) in [7, 11) is 2.11. The number of aliphatic hydroxyl groups excluding tert-OH is 1. The molecule has 0 aliphatic carbocycles. The molecule has 0 saturated carbocycles. The minimum Gasteiger partial charge on any atom is -0.392 e. The van der Waals surface area contributed by atoms with E-state index in [1.54, 1.807) is 12.1 Å². The van der Waals surface area contributed by atoms with E-state index in [1.807, 2.05) is 12.1 Å². The molecule has 0 unspecified atom stereocenters. The maximum atomic E-state index is 13.6. The van der Waals surface area contributed by atoms with Crippen molar-refractivity contribution in [1.29, 1.82) is 5.26 Å². The zero-order valence-electron chi connectivity index (χ0n) is 17.8. The molecular weight excluding hydrogens is 390 g/mol. The SMILES string of the molecule is CCn1c2cc(N3CCN(C)CC3)c(CO)cc2c(=O)c2c3ccc(C#N)cc3[nH]c21. The van der Waals surface area contributed by atoms with Gasteiger partial charge in [-0.05, 0) is 38.2 Å². The second-order valence-electron chi connectivity index (χ2n) is 8.24. The number of aromatic nitrogens is 2. The number of hydrogen-bond acceptors (Lipinski definition) is 5. The van der Waals surface area contributed by atoms with Crippen LogP contribution < -0.4 is 10.3 Å². The number of nitrogens with zero attached hydrogens (tertiary/aromatic N) is 4. The zero-order chi connectivity index (χ0) is 21.7. The first kappa shape index (κ1) is 19.6. The van der Waals surface area contributed by atoms with Crippen molar-refractivity contribution >= 4 is 38.5 Å². The van der Waals surface area contributed by atoms with Crippen molar-refractivity contribution in [2.24, 2.45) is 0 Å². The number of aryl methyl sites for hydroxylation is 1. The van der Waals surface area contributed by atoms with Crippen molar-refractivity contribution < 1.29 is 5.11 Å². The Labute approximate surface area is 179 Å². The van der Waals surface area contributed by atoms with Crippen LogP contribution in [0.25, 0.3) is 32.8 Å². The van der Waals surface area contributed by atoms with Crippen molar-refractivity contribution in [2.75, 3.05) is 38.1 Å². The molecule has 158 valence electrons. The number of rotatable bonds is 3. The van der Waals surface area contributed by atoms with Crippen LogP contribution >= 0.6 is 0 Å². The Hall–Kier alpha value is -3.34. The fourth-order valence-electron chi connectivity index (χ4n) is 4.76. The number of aliphatic hydroxyl groups is 1. The van der Waals surface area contributed by atoms with Gasteiger partial charge in [-0.1, -0.05) is 6.07 Å². The number of likely N-dealkylation sites (N-methyl/N-ethyl adjacent to an activating group) is 1. The Morgan fingerprint density at radius 3 is 2.58 bits per heavy atom. The highest BCUT2D eigenvalue weighted by molar-refractivity contribution is 6.10. The molecule has 0 amide bonds. The molecule has 2 aromatic heterocycles. The standard InChI is InChI=1S/C24H25N5O2/c1-3-29-21-12-20(28-8-6-27(2)7-9-28)16(14-30)11-18(21)23(31)22-17-5-4-15(13-25)10-19(17)26-24(22)29/h4-5,10-12,26,30H,3,6-9,14H2,1-2H3. The van der Waals surface area contributed by atoms with E-state index >= 15 is 0 Å². The number of nitriles is 1. The van der Waals surface area contributed by atoms with Crippen LogP contribution in [0.15, 0.2) is 35.1 Å². The highest BCUT2D eigenvalue weighted by atomic mass is 16.3. The molecule has 5 rings (SSSR count). The highest BCUT2D eigenvalue weighted by Crippen LogP contribution is 2.31. The van der Waals surface area contributed by atoms with Crippen LogP contribution in [0, 0.1) is 11.3 Å². The van der Waals surface area contributed by atoms with Gasteiger partial charge in [0.25, 0.3) is 0 Å². The number of aromatic amines is 1. The summed E-state index contributed by atoms with van der Waals surface area (Å²) < 4.78 is 2.12. The lowest BCUT2D eigenvalue weighted by molar-refractivity contribution is 0.280. The van der Waals surface area contributed by atoms with Gasteiger partial charge in [0.2, 0.25) is 0 Å². The molecule has 1 saturated heterocycles. The summed E-state index contributed by atoms with van der Waals surface area (Å²) in [5, 5.41) is 21.4. The monoisotopic (exact) mass is 415 g/mol. The van der Waals surface area contributed by atoms with Gasteiger partial charge in [0.15, 0.2) is 5.43 Å². The summed E-state index contributed by atoms with van der Waals surface area (Å²) in [5.74, 6) is 0. The molecule has 1 aliphatic rings. The van der Waals surface area contributed by atoms with Gasteiger partial charge in [-0.15, -0.1) is 0 Å². The minimum absolute atomic E-state index is 0.0507. The number of piperazine rings is 1. The number of nitrogens with one attached hydrogen (secondary N) is 1. The topological polar surface area (TPSA) is 88.3 Å². The Bertz CT molecular complexity index is 1420. The summed E-state index contributed by atoms with van der Waals surface area (Å²) in [6.07, 6.45) is 0. The van der Waals surface area contributed by atoms with Crippen molar-refractivity contribution in [1.82, 2.24) is 14.5 Å². The van der Waals surface area contributed by atoms with E-state index in [-0.39, 0.29) is 12.0 Å². The molecule has 2 aromatic carbocycles. The average Bonchev–Trinajstić information content (AvgIpc) is 3.17. The molecule has 1 fully saturated rings. The lowest BCUT2D eigenvalue weighted by atomic mass is 10.0. The van der Waals surface area contributed by atoms with E-state index in [0.717, 1.165) is 59.5 Å². The molecule has 31 heavy (non-hydrogen) atoms. The summed E-state index contributed by atoms with van der Waals surface area (Å²) in [6.45, 7) is 6.34. The molecule has 1 aliphatic heterocycles. The quantitative estimate of drug-likeness (QED) is 0.537. The number of anilines is 1. The van der Waals surface area contributed by atoms with Gasteiger partial charge in [0.1, 0.15) is 5.65 Å². The van der Waals surface area contributed by atoms with E-state index < -0.39 is 0 Å². The normalized spacial score (nSPS) is 15.2. The van der Waals surface area contributed by atoms with Gasteiger partial charge in [-0.3, -0.25) is 4.79 Å². The summed E-state index contributed by atoms with van der Waals surface area (Å²) in [5.41, 5.74) is 4.69. The maximum absolute atomic E-state index is 13.6. The Kier molecular flexibility index (Phi) is 4.69. The predicted octanol–water partition coefficient (Wildman–Crippen LogP) is 2.77. The predicted molar refractivity (Wildman–Crippen MR) is 124 cm³/mol. The van der Waals surface area contributed by atoms with Gasteiger partial charge in [-0.2, -0.15) is 5.26 Å². The van der Waals surface area contributed by atoms with Crippen LogP contribution in [0.1, 0.15) is 18.1 Å². The number of benzene rings is 2. The molecule has 2 N–H and O–H groups in total. The first-order valence-electron chi connectivity index (χ1n) is 10.6. The third-order valence-electron chi connectivity index (χ3n) is 6.47. The largest absolute Gasteiger partial charge is 0.392 e. The maximum Gasteiger partial charge on any atom is 0.199 e. The molecule has 3 heterocycles. The molecule has 7 heteroatoms. The first-order chi connectivity index (χ1) is 15.0. The van der Waals surface area contributed by atoms with Gasteiger partial charge in [0.05, 0.1) is 29.1 Å². The van der Waals surface area contributed by atoms with Gasteiger partial charge in [-0.25, -0.2) is 0 Å². The zero-order valence-corrected chi connectivity index (χ0v) is 17.8. The van der Waals surface area contributed by atoms with E-state index in [2.05, 4.69) is 45.5 Å². The Morgan fingerprint density at radius 2 is 1.90 bits per heavy atom. The first-order valence-corrected chi connectivity index (χ1v) is 10.6. The van der Waals surface area contributed by atoms with Crippen LogP contribution in [-0.2, 0) is 13.2 Å². The molecule has 0 spiro atoms. The number of hydrogen-bond donors (Lipinski definition) is 2. The van der Waals surface area contributed by atoms with Crippen molar-refractivity contribution in [3.63, 3.8) is 0 Å². The van der Waals surface area contributed by atoms with E-state index in [1.165, 1.54) is 0 Å². The number of H-pyrrole nitrogens is 1. The van der Waals surface area contributed by atoms with Crippen LogP contribution in [0.2, 0.25) is 0 Å². The molecular formula is C24H25N5O2. The Balaban J connectivity index is 1.83. The van der Waals surface area contributed by atoms with Crippen LogP contribution in [0.5, 0.6) is 0 Å². The number of fused-ring (bicyclic) bond motifs is 4. The van der Waals surface area contributed by atoms with E-state index in [9.17, 15) is 15.2 Å². The molecule has 0 bridgehead atoms. The van der Waals surface area contributed by atoms with Crippen LogP contribution in [0.4, 0.5) is 5.69 Å². The lowest BCUT2D eigenvalue weighted by Gasteiger charge is -2.35. The Morgan fingerprint density at radius 1 is 1.13 bits per heavy atom. The fraction of sp³-hybridized carbons (Fsp3) is 0.333. The van der Waals surface area contributed by atoms with Gasteiger partial charge < -0.3 is 24.5 Å². The second-order valence-corrected chi connectivity index (χ2v) is 8.24. The minimum atomic E-state index is -0.110. The summed E-state index contributed by atoms with van der Waals surface area (Å²) >= 11 is 0. The second kappa shape index (κ2) is 7.41. The van der Waals surface area contributed by atoms with Crippen molar-refractivity contribution in [3.05, 3.63) is 51.7 Å². The third-order valence-corrected chi connectivity index (χ3v) is 6.47. The molecule has 7 nitrogen and oxygen atoms in total.